The molecule has 9 aromatic rings. The predicted octanol–water partition coefficient (Wildman–Crippen LogP) is 12.5. The molecule has 3 nitrogen and oxygen atoms in total. The standard InChI is InChI=1S/C46H31NO2/c1-29-9-5-7-13-36(29)37-14-8-6-12-32(37)17-18-33-16-15-30(28-47)25-39(33)35-20-23-43-41(27-35)45-44(48-43)24-21-38-40-26-34(31-10-3-2-4-11-31)19-22-42(40)49-46(38)45/h2-16,19-27H,17-18H2,1H3. The molecule has 0 radical (unpaired) electrons. The van der Waals surface area contributed by atoms with Crippen molar-refractivity contribution in [2.24, 2.45) is 0 Å². The molecule has 0 aliphatic heterocycles. The summed E-state index contributed by atoms with van der Waals surface area (Å²) in [6.45, 7) is 2.17. The van der Waals surface area contributed by atoms with Gasteiger partial charge >= 0.3 is 0 Å². The quantitative estimate of drug-likeness (QED) is 0.184. The van der Waals surface area contributed by atoms with Crippen LogP contribution in [0.25, 0.3) is 77.3 Å². The van der Waals surface area contributed by atoms with Crippen LogP contribution < -0.4 is 0 Å². The van der Waals surface area contributed by atoms with Gasteiger partial charge < -0.3 is 8.83 Å². The Morgan fingerprint density at radius 2 is 1.16 bits per heavy atom. The largest absolute Gasteiger partial charge is 0.456 e. The number of nitrogens with zero attached hydrogens (tertiary/aromatic N) is 1. The second-order valence-electron chi connectivity index (χ2n) is 12.8. The summed E-state index contributed by atoms with van der Waals surface area (Å²) >= 11 is 0. The summed E-state index contributed by atoms with van der Waals surface area (Å²) in [5, 5.41) is 14.0. The summed E-state index contributed by atoms with van der Waals surface area (Å²) in [5.74, 6) is 0. The lowest BCUT2D eigenvalue weighted by atomic mass is 9.90. The van der Waals surface area contributed by atoms with Crippen LogP contribution in [0.2, 0.25) is 0 Å². The molecule has 0 unspecified atom stereocenters. The fourth-order valence-electron chi connectivity index (χ4n) is 7.35. The van der Waals surface area contributed by atoms with Crippen LogP contribution in [0.1, 0.15) is 22.3 Å². The Morgan fingerprint density at radius 1 is 0.490 bits per heavy atom. The van der Waals surface area contributed by atoms with Gasteiger partial charge in [0, 0.05) is 16.2 Å². The van der Waals surface area contributed by atoms with E-state index in [4.69, 9.17) is 8.83 Å². The molecule has 9 rings (SSSR count). The van der Waals surface area contributed by atoms with E-state index in [0.717, 1.165) is 73.4 Å². The third-order valence-corrected chi connectivity index (χ3v) is 9.84. The maximum Gasteiger partial charge on any atom is 0.147 e. The van der Waals surface area contributed by atoms with Gasteiger partial charge in [-0.05, 0) is 118 Å². The van der Waals surface area contributed by atoms with Crippen LogP contribution in [0.15, 0.2) is 154 Å². The van der Waals surface area contributed by atoms with Gasteiger partial charge in [0.1, 0.15) is 22.3 Å². The molecule has 3 heteroatoms. The van der Waals surface area contributed by atoms with Gasteiger partial charge in [-0.25, -0.2) is 0 Å². The zero-order valence-electron chi connectivity index (χ0n) is 27.0. The van der Waals surface area contributed by atoms with Gasteiger partial charge in [-0.1, -0.05) is 97.1 Å². The average molecular weight is 630 g/mol. The summed E-state index contributed by atoms with van der Waals surface area (Å²) in [6, 6.07) is 53.0. The van der Waals surface area contributed by atoms with E-state index < -0.39 is 0 Å². The van der Waals surface area contributed by atoms with Crippen molar-refractivity contribution in [3.8, 4) is 39.4 Å². The van der Waals surface area contributed by atoms with Crippen molar-refractivity contribution >= 4 is 43.9 Å². The van der Waals surface area contributed by atoms with E-state index in [0.29, 0.717) is 5.56 Å². The smallest absolute Gasteiger partial charge is 0.147 e. The Kier molecular flexibility index (Phi) is 6.88. The molecular weight excluding hydrogens is 599 g/mol. The minimum absolute atomic E-state index is 0.644. The minimum Gasteiger partial charge on any atom is -0.456 e. The normalized spacial score (nSPS) is 11.5. The van der Waals surface area contributed by atoms with Crippen molar-refractivity contribution in [3.63, 3.8) is 0 Å². The number of hydrogen-bond donors (Lipinski definition) is 0. The van der Waals surface area contributed by atoms with E-state index in [9.17, 15) is 5.26 Å². The highest BCUT2D eigenvalue weighted by atomic mass is 16.3. The summed E-state index contributed by atoms with van der Waals surface area (Å²) in [7, 11) is 0. The van der Waals surface area contributed by atoms with Crippen LogP contribution in [-0.4, -0.2) is 0 Å². The molecule has 0 saturated heterocycles. The molecule has 0 spiro atoms. The molecule has 0 saturated carbocycles. The van der Waals surface area contributed by atoms with Gasteiger partial charge in [0.05, 0.1) is 17.0 Å². The molecule has 0 aliphatic carbocycles. The number of hydrogen-bond acceptors (Lipinski definition) is 3. The van der Waals surface area contributed by atoms with E-state index in [-0.39, 0.29) is 0 Å². The van der Waals surface area contributed by atoms with Crippen molar-refractivity contribution in [1.82, 2.24) is 0 Å². The highest BCUT2D eigenvalue weighted by Gasteiger charge is 2.18. The first-order valence-electron chi connectivity index (χ1n) is 16.7. The summed E-state index contributed by atoms with van der Waals surface area (Å²) in [6.07, 6.45) is 1.72. The highest BCUT2D eigenvalue weighted by Crippen LogP contribution is 2.42. The van der Waals surface area contributed by atoms with Crippen LogP contribution in [0.4, 0.5) is 0 Å². The maximum absolute atomic E-state index is 9.88. The number of aryl methyl sites for hydroxylation is 3. The molecule has 0 N–H and O–H groups in total. The van der Waals surface area contributed by atoms with Crippen molar-refractivity contribution in [2.75, 3.05) is 0 Å². The second-order valence-corrected chi connectivity index (χ2v) is 12.8. The fraction of sp³-hybridized carbons (Fsp3) is 0.0652. The molecule has 49 heavy (non-hydrogen) atoms. The first-order chi connectivity index (χ1) is 24.1. The number of furan rings is 2. The van der Waals surface area contributed by atoms with E-state index >= 15 is 0 Å². The number of rotatable bonds is 6. The summed E-state index contributed by atoms with van der Waals surface area (Å²) in [5.41, 5.74) is 14.7. The third-order valence-electron chi connectivity index (χ3n) is 9.84. The molecule has 0 atom stereocenters. The first kappa shape index (κ1) is 28.8. The number of benzene rings is 7. The van der Waals surface area contributed by atoms with Crippen LogP contribution >= 0.6 is 0 Å². The van der Waals surface area contributed by atoms with Crippen molar-refractivity contribution in [2.45, 2.75) is 19.8 Å². The molecule has 2 heterocycles. The van der Waals surface area contributed by atoms with Crippen molar-refractivity contribution < 1.29 is 8.83 Å². The topological polar surface area (TPSA) is 50.1 Å². The minimum atomic E-state index is 0.644. The second kappa shape index (κ2) is 11.7. The highest BCUT2D eigenvalue weighted by molar-refractivity contribution is 6.22. The van der Waals surface area contributed by atoms with Gasteiger partial charge in [-0.3, -0.25) is 0 Å². The lowest BCUT2D eigenvalue weighted by Gasteiger charge is -2.14. The van der Waals surface area contributed by atoms with Gasteiger partial charge in [0.2, 0.25) is 0 Å². The van der Waals surface area contributed by atoms with Crippen LogP contribution in [-0.2, 0) is 12.8 Å². The number of nitriles is 1. The Bertz CT molecular complexity index is 2740. The van der Waals surface area contributed by atoms with Gasteiger partial charge in [0.15, 0.2) is 0 Å². The zero-order valence-corrected chi connectivity index (χ0v) is 27.0. The first-order valence-corrected chi connectivity index (χ1v) is 16.7. The van der Waals surface area contributed by atoms with E-state index in [2.05, 4.69) is 134 Å². The molecule has 2 aromatic heterocycles. The van der Waals surface area contributed by atoms with Gasteiger partial charge in [0.25, 0.3) is 0 Å². The molecule has 232 valence electrons. The van der Waals surface area contributed by atoms with Crippen LogP contribution in [0.5, 0.6) is 0 Å². The Labute approximate surface area is 284 Å². The predicted molar refractivity (Wildman–Crippen MR) is 201 cm³/mol. The van der Waals surface area contributed by atoms with Crippen LogP contribution in [0.3, 0.4) is 0 Å². The fourth-order valence-corrected chi connectivity index (χ4v) is 7.35. The molecule has 7 aromatic carbocycles. The Hall–Kier alpha value is -6.37. The van der Waals surface area contributed by atoms with E-state index in [1.165, 1.54) is 33.4 Å². The third kappa shape index (κ3) is 4.98. The average Bonchev–Trinajstić information content (AvgIpc) is 3.72. The Balaban J connectivity index is 1.15. The van der Waals surface area contributed by atoms with Gasteiger partial charge in [-0.15, -0.1) is 0 Å². The number of fused-ring (bicyclic) bond motifs is 7. The van der Waals surface area contributed by atoms with Crippen molar-refractivity contribution in [3.05, 3.63) is 168 Å². The van der Waals surface area contributed by atoms with Crippen LogP contribution in [0, 0.1) is 18.3 Å². The summed E-state index contributed by atoms with van der Waals surface area (Å²) < 4.78 is 12.9. The molecule has 0 fully saturated rings. The molecule has 0 aliphatic rings. The Morgan fingerprint density at radius 3 is 1.98 bits per heavy atom. The molecule has 0 bridgehead atoms. The SMILES string of the molecule is Cc1ccccc1-c1ccccc1CCc1ccc(C#N)cc1-c1ccc2oc3ccc4c5cc(-c6ccccc6)ccc5oc4c3c2c1. The molecular formula is C46H31NO2. The maximum atomic E-state index is 9.88. The summed E-state index contributed by atoms with van der Waals surface area (Å²) in [4.78, 5) is 0. The van der Waals surface area contributed by atoms with Gasteiger partial charge in [-0.2, -0.15) is 5.26 Å². The van der Waals surface area contributed by atoms with E-state index in [1.54, 1.807) is 0 Å². The zero-order chi connectivity index (χ0) is 32.9. The lowest BCUT2D eigenvalue weighted by Crippen LogP contribution is -1.98. The molecule has 0 amide bonds. The lowest BCUT2D eigenvalue weighted by molar-refractivity contribution is 0.663. The van der Waals surface area contributed by atoms with Crippen molar-refractivity contribution in [1.29, 1.82) is 5.26 Å². The monoisotopic (exact) mass is 629 g/mol. The van der Waals surface area contributed by atoms with E-state index in [1.807, 2.05) is 24.3 Å².